The summed E-state index contributed by atoms with van der Waals surface area (Å²) in [6.45, 7) is 1.73. The monoisotopic (exact) mass is 274 g/mol. The van der Waals surface area contributed by atoms with Crippen molar-refractivity contribution in [3.8, 4) is 17.0 Å². The number of nitrogens with two attached hydrogens (primary N) is 1. The number of hydrogen-bond acceptors (Lipinski definition) is 3. The summed E-state index contributed by atoms with van der Waals surface area (Å²) in [5, 5.41) is 9.26. The maximum absolute atomic E-state index is 11.6. The number of rotatable bonds is 4. The molecule has 1 aromatic carbocycles. The average molecular weight is 274 g/mol. The van der Waals surface area contributed by atoms with Gasteiger partial charge in [-0.05, 0) is 25.1 Å². The first-order valence-corrected chi connectivity index (χ1v) is 5.85. The van der Waals surface area contributed by atoms with Gasteiger partial charge < -0.3 is 20.6 Å². The molecular weight excluding hydrogens is 260 g/mol. The van der Waals surface area contributed by atoms with Crippen molar-refractivity contribution in [3.63, 3.8) is 0 Å². The Bertz CT molecular complexity index is 688. The van der Waals surface area contributed by atoms with Crippen LogP contribution in [0.5, 0.6) is 5.75 Å². The van der Waals surface area contributed by atoms with E-state index in [2.05, 4.69) is 4.98 Å². The molecule has 1 heterocycles. The second kappa shape index (κ2) is 5.08. The molecule has 0 spiro atoms. The number of carbonyl (C=O) groups is 2. The molecule has 1 aromatic heterocycles. The van der Waals surface area contributed by atoms with Crippen LogP contribution < -0.4 is 10.5 Å². The number of aromatic amines is 1. The number of ether oxygens (including phenoxy) is 1. The van der Waals surface area contributed by atoms with Gasteiger partial charge in [0, 0.05) is 5.69 Å². The van der Waals surface area contributed by atoms with Crippen molar-refractivity contribution >= 4 is 11.9 Å². The van der Waals surface area contributed by atoms with E-state index in [0.717, 1.165) is 0 Å². The number of aryl methyl sites for hydroxylation is 1. The quantitative estimate of drug-likeness (QED) is 0.790. The van der Waals surface area contributed by atoms with Crippen molar-refractivity contribution < 1.29 is 19.4 Å². The highest BCUT2D eigenvalue weighted by Crippen LogP contribution is 2.35. The van der Waals surface area contributed by atoms with Crippen LogP contribution in [0.1, 0.15) is 26.4 Å². The third kappa shape index (κ3) is 2.23. The van der Waals surface area contributed by atoms with Gasteiger partial charge in [0.25, 0.3) is 0 Å². The Morgan fingerprint density at radius 1 is 1.30 bits per heavy atom. The van der Waals surface area contributed by atoms with E-state index in [1.54, 1.807) is 19.1 Å². The van der Waals surface area contributed by atoms with Crippen molar-refractivity contribution in [3.05, 3.63) is 41.1 Å². The Hall–Kier alpha value is -2.76. The number of amides is 1. The molecule has 4 N–H and O–H groups in total. The van der Waals surface area contributed by atoms with Crippen LogP contribution in [0.3, 0.4) is 0 Å². The van der Waals surface area contributed by atoms with Crippen LogP contribution in [-0.4, -0.2) is 29.1 Å². The van der Waals surface area contributed by atoms with Gasteiger partial charge in [-0.2, -0.15) is 0 Å². The van der Waals surface area contributed by atoms with E-state index in [0.29, 0.717) is 22.7 Å². The highest BCUT2D eigenvalue weighted by molar-refractivity contribution is 6.05. The van der Waals surface area contributed by atoms with Crippen LogP contribution in [0.15, 0.2) is 24.3 Å². The van der Waals surface area contributed by atoms with Crippen molar-refractivity contribution in [1.82, 2.24) is 4.98 Å². The first-order chi connectivity index (χ1) is 9.45. The van der Waals surface area contributed by atoms with Gasteiger partial charge >= 0.3 is 5.97 Å². The fourth-order valence-electron chi connectivity index (χ4n) is 2.12. The fraction of sp³-hybridized carbons (Fsp3) is 0.143. The van der Waals surface area contributed by atoms with Crippen molar-refractivity contribution in [2.75, 3.05) is 7.11 Å². The Labute approximate surface area is 115 Å². The van der Waals surface area contributed by atoms with Gasteiger partial charge in [0.1, 0.15) is 5.75 Å². The molecule has 0 radical (unpaired) electrons. The van der Waals surface area contributed by atoms with E-state index >= 15 is 0 Å². The summed E-state index contributed by atoms with van der Waals surface area (Å²) in [5.74, 6) is -1.36. The number of hydrogen-bond donors (Lipinski definition) is 3. The molecule has 20 heavy (non-hydrogen) atoms. The van der Waals surface area contributed by atoms with Crippen molar-refractivity contribution in [2.45, 2.75) is 6.92 Å². The third-order valence-electron chi connectivity index (χ3n) is 2.94. The number of methoxy groups -OCH3 is 1. The van der Waals surface area contributed by atoms with Crippen molar-refractivity contribution in [1.29, 1.82) is 0 Å². The molecule has 2 rings (SSSR count). The SMILES string of the molecule is COc1cccc(C(N)=O)c1-c1[nH]c(C)cc1C(=O)O. The highest BCUT2D eigenvalue weighted by atomic mass is 16.5. The lowest BCUT2D eigenvalue weighted by molar-refractivity contribution is 0.0697. The van der Waals surface area contributed by atoms with E-state index in [9.17, 15) is 14.7 Å². The van der Waals surface area contributed by atoms with E-state index in [4.69, 9.17) is 10.5 Å². The molecule has 104 valence electrons. The molecule has 0 saturated heterocycles. The summed E-state index contributed by atoms with van der Waals surface area (Å²) in [4.78, 5) is 25.8. The molecule has 0 fully saturated rings. The summed E-state index contributed by atoms with van der Waals surface area (Å²) in [5.41, 5.74) is 6.95. The number of aromatic carboxylic acids is 1. The van der Waals surface area contributed by atoms with E-state index in [1.165, 1.54) is 19.2 Å². The standard InChI is InChI=1S/C14H14N2O4/c1-7-6-9(14(18)19)12(16-7)11-8(13(15)17)4-3-5-10(11)20-2/h3-6,16H,1-2H3,(H2,15,17)(H,18,19). The van der Waals surface area contributed by atoms with Crippen LogP contribution >= 0.6 is 0 Å². The molecule has 1 amide bonds. The van der Waals surface area contributed by atoms with Gasteiger partial charge in [-0.25, -0.2) is 4.79 Å². The topological polar surface area (TPSA) is 105 Å². The minimum atomic E-state index is -1.09. The second-order valence-corrected chi connectivity index (χ2v) is 4.29. The predicted molar refractivity (Wildman–Crippen MR) is 73.0 cm³/mol. The molecule has 0 aliphatic carbocycles. The number of carboxylic acids is 1. The molecule has 6 heteroatoms. The number of carboxylic acid groups (broad SMARTS) is 1. The Balaban J connectivity index is 2.80. The van der Waals surface area contributed by atoms with Crippen LogP contribution in [0, 0.1) is 6.92 Å². The first kappa shape index (κ1) is 13.7. The van der Waals surface area contributed by atoms with Crippen LogP contribution in [0.4, 0.5) is 0 Å². The number of aromatic nitrogens is 1. The lowest BCUT2D eigenvalue weighted by atomic mass is 10.00. The molecule has 0 unspecified atom stereocenters. The second-order valence-electron chi connectivity index (χ2n) is 4.29. The smallest absolute Gasteiger partial charge is 0.337 e. The molecule has 0 aliphatic heterocycles. The van der Waals surface area contributed by atoms with Gasteiger partial charge in [0.2, 0.25) is 5.91 Å². The zero-order valence-corrected chi connectivity index (χ0v) is 11.1. The van der Waals surface area contributed by atoms with Crippen LogP contribution in [0.25, 0.3) is 11.3 Å². The van der Waals surface area contributed by atoms with E-state index in [-0.39, 0.29) is 11.1 Å². The van der Waals surface area contributed by atoms with E-state index < -0.39 is 11.9 Å². The molecular formula is C14H14N2O4. The first-order valence-electron chi connectivity index (χ1n) is 5.85. The summed E-state index contributed by atoms with van der Waals surface area (Å²) in [6, 6.07) is 6.29. The van der Waals surface area contributed by atoms with Crippen molar-refractivity contribution in [2.24, 2.45) is 5.73 Å². The molecule has 0 atom stereocenters. The Kier molecular flexibility index (Phi) is 3.47. The molecule has 6 nitrogen and oxygen atoms in total. The van der Waals surface area contributed by atoms with Gasteiger partial charge in [-0.15, -0.1) is 0 Å². The number of carbonyl (C=O) groups excluding carboxylic acids is 1. The lowest BCUT2D eigenvalue weighted by Gasteiger charge is -2.11. The fourth-order valence-corrected chi connectivity index (χ4v) is 2.12. The van der Waals surface area contributed by atoms with Gasteiger partial charge in [-0.1, -0.05) is 6.07 Å². The minimum absolute atomic E-state index is 0.0644. The number of benzene rings is 1. The summed E-state index contributed by atoms with van der Waals surface area (Å²) in [7, 11) is 1.44. The molecule has 0 saturated carbocycles. The Morgan fingerprint density at radius 3 is 2.55 bits per heavy atom. The predicted octanol–water partition coefficient (Wildman–Crippen LogP) is 1.80. The largest absolute Gasteiger partial charge is 0.496 e. The number of H-pyrrole nitrogens is 1. The number of primary amides is 1. The zero-order valence-electron chi connectivity index (χ0n) is 11.1. The van der Waals surface area contributed by atoms with Crippen LogP contribution in [0.2, 0.25) is 0 Å². The van der Waals surface area contributed by atoms with Gasteiger partial charge in [0.15, 0.2) is 0 Å². The lowest BCUT2D eigenvalue weighted by Crippen LogP contribution is -2.13. The summed E-state index contributed by atoms with van der Waals surface area (Å²) in [6.07, 6.45) is 0. The maximum Gasteiger partial charge on any atom is 0.337 e. The summed E-state index contributed by atoms with van der Waals surface area (Å²) >= 11 is 0. The van der Waals surface area contributed by atoms with Crippen LogP contribution in [-0.2, 0) is 0 Å². The molecule has 2 aromatic rings. The maximum atomic E-state index is 11.6. The third-order valence-corrected chi connectivity index (χ3v) is 2.94. The van der Waals surface area contributed by atoms with Gasteiger partial charge in [-0.3, -0.25) is 4.79 Å². The highest BCUT2D eigenvalue weighted by Gasteiger charge is 2.22. The zero-order chi connectivity index (χ0) is 14.9. The number of nitrogens with one attached hydrogen (secondary N) is 1. The Morgan fingerprint density at radius 2 is 2.00 bits per heavy atom. The normalized spacial score (nSPS) is 10.3. The molecule has 0 aliphatic rings. The average Bonchev–Trinajstić information content (AvgIpc) is 2.79. The van der Waals surface area contributed by atoms with E-state index in [1.807, 2.05) is 0 Å². The minimum Gasteiger partial charge on any atom is -0.496 e. The van der Waals surface area contributed by atoms with Gasteiger partial charge in [0.05, 0.1) is 29.5 Å². The molecule has 0 bridgehead atoms. The summed E-state index contributed by atoms with van der Waals surface area (Å²) < 4.78 is 5.21.